The zero-order valence-corrected chi connectivity index (χ0v) is 11.2. The highest BCUT2D eigenvalue weighted by Crippen LogP contribution is 2.16. The van der Waals surface area contributed by atoms with Gasteiger partial charge in [-0.25, -0.2) is 9.97 Å². The Kier molecular flexibility index (Phi) is 3.60. The molecule has 0 fully saturated rings. The van der Waals surface area contributed by atoms with Gasteiger partial charge in [0.15, 0.2) is 0 Å². The Labute approximate surface area is 107 Å². The van der Waals surface area contributed by atoms with E-state index in [1.54, 1.807) is 6.33 Å². The third kappa shape index (κ3) is 2.67. The molecule has 0 amide bonds. The summed E-state index contributed by atoms with van der Waals surface area (Å²) in [5.41, 5.74) is 3.03. The summed E-state index contributed by atoms with van der Waals surface area (Å²) in [6.45, 7) is 8.74. The van der Waals surface area contributed by atoms with Gasteiger partial charge in [-0.1, -0.05) is 19.0 Å². The maximum Gasteiger partial charge on any atom is 0.138 e. The second-order valence-corrected chi connectivity index (χ2v) is 4.64. The number of nitrogens with zero attached hydrogens (tertiary/aromatic N) is 3. The molecule has 96 valence electrons. The Morgan fingerprint density at radius 1 is 1.28 bits per heavy atom. The molecule has 0 aliphatic rings. The van der Waals surface area contributed by atoms with Crippen LogP contribution in [0.25, 0.3) is 0 Å². The number of aryl methyl sites for hydroxylation is 2. The molecule has 0 spiro atoms. The van der Waals surface area contributed by atoms with Crippen molar-refractivity contribution in [3.63, 3.8) is 0 Å². The summed E-state index contributed by atoms with van der Waals surface area (Å²) < 4.78 is 5.12. The predicted octanol–water partition coefficient (Wildman–Crippen LogP) is 2.82. The number of aromatic nitrogens is 3. The molecule has 5 nitrogen and oxygen atoms in total. The standard InChI is InChI=1S/C13H18N4O/c1-8(2)12-5-13(16-7-15-12)14-6-11-9(3)17-18-10(11)4/h5,7-8H,6H2,1-4H3,(H,14,15,16). The number of nitrogens with one attached hydrogen (secondary N) is 1. The van der Waals surface area contributed by atoms with E-state index < -0.39 is 0 Å². The summed E-state index contributed by atoms with van der Waals surface area (Å²) >= 11 is 0. The summed E-state index contributed by atoms with van der Waals surface area (Å²) in [4.78, 5) is 8.44. The minimum atomic E-state index is 0.396. The van der Waals surface area contributed by atoms with E-state index >= 15 is 0 Å². The van der Waals surface area contributed by atoms with Crippen molar-refractivity contribution in [2.75, 3.05) is 5.32 Å². The van der Waals surface area contributed by atoms with Crippen LogP contribution in [0.4, 0.5) is 5.82 Å². The normalized spacial score (nSPS) is 10.9. The number of rotatable bonds is 4. The summed E-state index contributed by atoms with van der Waals surface area (Å²) in [5.74, 6) is 2.07. The van der Waals surface area contributed by atoms with Crippen LogP contribution in [-0.2, 0) is 6.54 Å². The monoisotopic (exact) mass is 246 g/mol. The van der Waals surface area contributed by atoms with Crippen LogP contribution < -0.4 is 5.32 Å². The van der Waals surface area contributed by atoms with E-state index in [1.807, 2.05) is 19.9 Å². The van der Waals surface area contributed by atoms with Crippen LogP contribution in [0.1, 0.15) is 42.5 Å². The molecule has 0 bridgehead atoms. The Bertz CT molecular complexity index is 514. The highest BCUT2D eigenvalue weighted by atomic mass is 16.5. The SMILES string of the molecule is Cc1noc(C)c1CNc1cc(C(C)C)ncn1. The molecule has 0 unspecified atom stereocenters. The van der Waals surface area contributed by atoms with Crippen molar-refractivity contribution >= 4 is 5.82 Å². The Balaban J connectivity index is 2.09. The summed E-state index contributed by atoms with van der Waals surface area (Å²) in [6, 6.07) is 1.98. The molecule has 18 heavy (non-hydrogen) atoms. The minimum Gasteiger partial charge on any atom is -0.366 e. The van der Waals surface area contributed by atoms with E-state index in [2.05, 4.69) is 34.3 Å². The van der Waals surface area contributed by atoms with Crippen LogP contribution in [0.3, 0.4) is 0 Å². The fourth-order valence-electron chi connectivity index (χ4n) is 1.72. The highest BCUT2D eigenvalue weighted by molar-refractivity contribution is 5.37. The zero-order chi connectivity index (χ0) is 13.1. The molecule has 1 N–H and O–H groups in total. The van der Waals surface area contributed by atoms with E-state index in [4.69, 9.17) is 4.52 Å². The highest BCUT2D eigenvalue weighted by Gasteiger charge is 2.09. The first kappa shape index (κ1) is 12.5. The molecule has 0 saturated carbocycles. The molecule has 5 heteroatoms. The van der Waals surface area contributed by atoms with Gasteiger partial charge in [-0.2, -0.15) is 0 Å². The van der Waals surface area contributed by atoms with Gasteiger partial charge in [0.05, 0.1) is 5.69 Å². The van der Waals surface area contributed by atoms with Gasteiger partial charge < -0.3 is 9.84 Å². The molecule has 2 heterocycles. The third-order valence-electron chi connectivity index (χ3n) is 2.91. The van der Waals surface area contributed by atoms with Crippen LogP contribution >= 0.6 is 0 Å². The van der Waals surface area contributed by atoms with Gasteiger partial charge in [-0.3, -0.25) is 0 Å². The quantitative estimate of drug-likeness (QED) is 0.898. The van der Waals surface area contributed by atoms with Gasteiger partial charge in [0.2, 0.25) is 0 Å². The van der Waals surface area contributed by atoms with Crippen LogP contribution in [0, 0.1) is 13.8 Å². The topological polar surface area (TPSA) is 63.8 Å². The van der Waals surface area contributed by atoms with Crippen LogP contribution in [0.15, 0.2) is 16.9 Å². The molecule has 0 aliphatic heterocycles. The Morgan fingerprint density at radius 2 is 2.06 bits per heavy atom. The number of hydrogen-bond acceptors (Lipinski definition) is 5. The van der Waals surface area contributed by atoms with Gasteiger partial charge in [-0.15, -0.1) is 0 Å². The van der Waals surface area contributed by atoms with E-state index in [0.717, 1.165) is 28.5 Å². The molecule has 2 rings (SSSR count). The van der Waals surface area contributed by atoms with Crippen molar-refractivity contribution in [2.45, 2.75) is 40.2 Å². The fraction of sp³-hybridized carbons (Fsp3) is 0.462. The molecular weight excluding hydrogens is 228 g/mol. The lowest BCUT2D eigenvalue weighted by Gasteiger charge is -2.08. The Hall–Kier alpha value is -1.91. The number of hydrogen-bond donors (Lipinski definition) is 1. The average Bonchev–Trinajstić information content (AvgIpc) is 2.67. The Morgan fingerprint density at radius 3 is 2.67 bits per heavy atom. The van der Waals surface area contributed by atoms with Gasteiger partial charge in [0.1, 0.15) is 17.9 Å². The largest absolute Gasteiger partial charge is 0.366 e. The van der Waals surface area contributed by atoms with Crippen LogP contribution in [-0.4, -0.2) is 15.1 Å². The molecule has 0 aromatic carbocycles. The molecule has 2 aromatic rings. The van der Waals surface area contributed by atoms with Gasteiger partial charge in [0.25, 0.3) is 0 Å². The lowest BCUT2D eigenvalue weighted by molar-refractivity contribution is 0.392. The van der Waals surface area contributed by atoms with E-state index in [9.17, 15) is 0 Å². The average molecular weight is 246 g/mol. The van der Waals surface area contributed by atoms with E-state index in [-0.39, 0.29) is 0 Å². The minimum absolute atomic E-state index is 0.396. The zero-order valence-electron chi connectivity index (χ0n) is 11.2. The first-order valence-corrected chi connectivity index (χ1v) is 6.05. The fourth-order valence-corrected chi connectivity index (χ4v) is 1.72. The van der Waals surface area contributed by atoms with E-state index in [1.165, 1.54) is 0 Å². The van der Waals surface area contributed by atoms with Crippen molar-refractivity contribution in [1.29, 1.82) is 0 Å². The predicted molar refractivity (Wildman–Crippen MR) is 69.4 cm³/mol. The van der Waals surface area contributed by atoms with Crippen molar-refractivity contribution < 1.29 is 4.52 Å². The smallest absolute Gasteiger partial charge is 0.138 e. The molecule has 0 saturated heterocycles. The lowest BCUT2D eigenvalue weighted by atomic mass is 10.1. The summed E-state index contributed by atoms with van der Waals surface area (Å²) in [6.07, 6.45) is 1.59. The molecule has 0 atom stereocenters. The molecule has 0 aliphatic carbocycles. The molecule has 0 radical (unpaired) electrons. The van der Waals surface area contributed by atoms with Crippen molar-refractivity contribution in [3.8, 4) is 0 Å². The lowest BCUT2D eigenvalue weighted by Crippen LogP contribution is -2.04. The van der Waals surface area contributed by atoms with Gasteiger partial charge in [0, 0.05) is 23.9 Å². The van der Waals surface area contributed by atoms with Crippen molar-refractivity contribution in [3.05, 3.63) is 35.1 Å². The number of anilines is 1. The van der Waals surface area contributed by atoms with Crippen molar-refractivity contribution in [1.82, 2.24) is 15.1 Å². The first-order chi connectivity index (χ1) is 8.58. The second kappa shape index (κ2) is 5.16. The maximum atomic E-state index is 5.12. The van der Waals surface area contributed by atoms with Crippen LogP contribution in [0.5, 0.6) is 0 Å². The summed E-state index contributed by atoms with van der Waals surface area (Å²) in [5, 5.41) is 7.20. The third-order valence-corrected chi connectivity index (χ3v) is 2.91. The van der Waals surface area contributed by atoms with Crippen LogP contribution in [0.2, 0.25) is 0 Å². The van der Waals surface area contributed by atoms with E-state index in [0.29, 0.717) is 12.5 Å². The summed E-state index contributed by atoms with van der Waals surface area (Å²) in [7, 11) is 0. The van der Waals surface area contributed by atoms with Crippen molar-refractivity contribution in [2.24, 2.45) is 0 Å². The molecule has 2 aromatic heterocycles. The maximum absolute atomic E-state index is 5.12. The second-order valence-electron chi connectivity index (χ2n) is 4.64. The van der Waals surface area contributed by atoms with Gasteiger partial charge in [-0.05, 0) is 19.8 Å². The first-order valence-electron chi connectivity index (χ1n) is 6.05. The van der Waals surface area contributed by atoms with Gasteiger partial charge >= 0.3 is 0 Å². The molecular formula is C13H18N4O.